The molecule has 0 saturated heterocycles. The van der Waals surface area contributed by atoms with Crippen molar-refractivity contribution in [2.45, 2.75) is 45.1 Å². The number of aromatic nitrogens is 2. The number of benzene rings is 3. The number of carbonyl (C=O) groups excluding carboxylic acids is 1. The fraction of sp³-hybridized carbons (Fsp3) is 0.286. The number of hydrogen-bond acceptors (Lipinski definition) is 2. The van der Waals surface area contributed by atoms with E-state index in [2.05, 4.69) is 10.3 Å². The van der Waals surface area contributed by atoms with Crippen LogP contribution in [0.25, 0.3) is 22.4 Å². The topological polar surface area (TPSA) is 46.9 Å². The van der Waals surface area contributed by atoms with Crippen molar-refractivity contribution in [2.24, 2.45) is 5.92 Å². The predicted octanol–water partition coefficient (Wildman–Crippen LogP) is 7.70. The number of carbonyl (C=O) groups is 1. The van der Waals surface area contributed by atoms with Crippen LogP contribution in [0.15, 0.2) is 60.7 Å². The monoisotopic (exact) mass is 493 g/mol. The van der Waals surface area contributed by atoms with Gasteiger partial charge < -0.3 is 9.88 Å². The Morgan fingerprint density at radius 3 is 2.43 bits per heavy atom. The molecule has 1 aliphatic rings. The molecule has 1 fully saturated rings. The number of rotatable bonds is 5. The van der Waals surface area contributed by atoms with E-state index >= 15 is 0 Å². The van der Waals surface area contributed by atoms with E-state index in [1.165, 1.54) is 0 Å². The molecule has 4 aromatic rings. The molecule has 1 atom stereocenters. The van der Waals surface area contributed by atoms with Gasteiger partial charge in [-0.2, -0.15) is 0 Å². The van der Waals surface area contributed by atoms with Crippen LogP contribution in [-0.4, -0.2) is 15.5 Å². The summed E-state index contributed by atoms with van der Waals surface area (Å²) in [6.07, 6.45) is 4.90. The molecule has 180 valence electrons. The minimum atomic E-state index is -0.969. The number of fused-ring (bicyclic) bond motifs is 1. The molecule has 1 aliphatic carbocycles. The number of nitrogens with one attached hydrogen (secondary N) is 1. The summed E-state index contributed by atoms with van der Waals surface area (Å²) in [5, 5.41) is 3.66. The second-order valence-corrected chi connectivity index (χ2v) is 9.65. The van der Waals surface area contributed by atoms with E-state index in [4.69, 9.17) is 11.6 Å². The number of aryl methyl sites for hydroxylation is 1. The highest BCUT2D eigenvalue weighted by molar-refractivity contribution is 6.30. The van der Waals surface area contributed by atoms with Crippen LogP contribution in [0.4, 0.5) is 14.5 Å². The quantitative estimate of drug-likeness (QED) is 0.309. The van der Waals surface area contributed by atoms with Crippen molar-refractivity contribution in [2.75, 3.05) is 5.32 Å². The van der Waals surface area contributed by atoms with Gasteiger partial charge in [0.2, 0.25) is 5.91 Å². The van der Waals surface area contributed by atoms with Gasteiger partial charge >= 0.3 is 0 Å². The average Bonchev–Trinajstić information content (AvgIpc) is 3.20. The van der Waals surface area contributed by atoms with Crippen LogP contribution in [-0.2, 0) is 4.79 Å². The molecule has 7 heteroatoms. The van der Waals surface area contributed by atoms with Crippen molar-refractivity contribution in [1.29, 1.82) is 0 Å². The summed E-state index contributed by atoms with van der Waals surface area (Å²) in [7, 11) is 0. The van der Waals surface area contributed by atoms with Crippen molar-refractivity contribution < 1.29 is 13.6 Å². The van der Waals surface area contributed by atoms with Gasteiger partial charge in [0.1, 0.15) is 11.9 Å². The van der Waals surface area contributed by atoms with Gasteiger partial charge in [-0.1, -0.05) is 49.1 Å². The molecule has 1 amide bonds. The Morgan fingerprint density at radius 1 is 1.03 bits per heavy atom. The summed E-state index contributed by atoms with van der Waals surface area (Å²) < 4.78 is 30.4. The summed E-state index contributed by atoms with van der Waals surface area (Å²) >= 11 is 6.11. The first kappa shape index (κ1) is 23.5. The number of halogens is 3. The summed E-state index contributed by atoms with van der Waals surface area (Å²) in [5.41, 5.74) is 3.09. The van der Waals surface area contributed by atoms with E-state index in [1.54, 1.807) is 16.7 Å². The number of nitrogens with zero attached hydrogens (tertiary/aromatic N) is 2. The Morgan fingerprint density at radius 2 is 1.71 bits per heavy atom. The minimum Gasteiger partial charge on any atom is -0.324 e. The maximum absolute atomic E-state index is 14.5. The Hall–Kier alpha value is -3.25. The normalized spacial score (nSPS) is 15.3. The number of anilines is 1. The highest BCUT2D eigenvalue weighted by Crippen LogP contribution is 2.39. The smallest absolute Gasteiger partial charge is 0.247 e. The SMILES string of the molecule is Cc1ccccc1NC(=O)[C@H](C1CCCCC1)n1c(-c2ccc(Cl)cc2)nc2cc(F)c(F)cc21. The maximum atomic E-state index is 14.5. The molecule has 5 rings (SSSR count). The lowest BCUT2D eigenvalue weighted by atomic mass is 9.83. The molecule has 0 unspecified atom stereocenters. The Balaban J connectivity index is 1.71. The van der Waals surface area contributed by atoms with Gasteiger partial charge in [0, 0.05) is 28.4 Å². The molecule has 1 aromatic heterocycles. The Kier molecular flexibility index (Phi) is 6.56. The highest BCUT2D eigenvalue weighted by Gasteiger charge is 2.35. The standard InChI is InChI=1S/C28H26ClF2N3O/c1-17-7-5-6-10-23(17)33-28(35)26(18-8-3-2-4-9-18)34-25-16-22(31)21(30)15-24(25)32-27(34)19-11-13-20(29)14-12-19/h5-7,10-16,18,26H,2-4,8-9H2,1H3,(H,33,35)/t26-/m0/s1. The largest absolute Gasteiger partial charge is 0.324 e. The first-order chi connectivity index (χ1) is 16.9. The lowest BCUT2D eigenvalue weighted by molar-refractivity contribution is -0.121. The number of amides is 1. The zero-order valence-electron chi connectivity index (χ0n) is 19.4. The third kappa shape index (κ3) is 4.67. The van der Waals surface area contributed by atoms with Gasteiger partial charge in [-0.05, 0) is 61.6 Å². The number of imidazole rings is 1. The lowest BCUT2D eigenvalue weighted by Gasteiger charge is -2.32. The van der Waals surface area contributed by atoms with E-state index in [1.807, 2.05) is 43.3 Å². The molecule has 3 aromatic carbocycles. The fourth-order valence-electron chi connectivity index (χ4n) is 5.09. The first-order valence-corrected chi connectivity index (χ1v) is 12.3. The molecular weight excluding hydrogens is 468 g/mol. The van der Waals surface area contributed by atoms with Crippen LogP contribution < -0.4 is 5.32 Å². The van der Waals surface area contributed by atoms with Gasteiger partial charge in [-0.15, -0.1) is 0 Å². The molecule has 0 aliphatic heterocycles. The molecule has 0 spiro atoms. The van der Waals surface area contributed by atoms with E-state index in [9.17, 15) is 13.6 Å². The summed E-state index contributed by atoms with van der Waals surface area (Å²) in [4.78, 5) is 18.6. The molecule has 0 radical (unpaired) electrons. The Labute approximate surface area is 207 Å². The van der Waals surface area contributed by atoms with E-state index < -0.39 is 17.7 Å². The van der Waals surface area contributed by atoms with Crippen molar-refractivity contribution >= 4 is 34.2 Å². The number of hydrogen-bond donors (Lipinski definition) is 1. The summed E-state index contributed by atoms with van der Waals surface area (Å²) in [6.45, 7) is 1.94. The van der Waals surface area contributed by atoms with E-state index in [0.29, 0.717) is 21.9 Å². The van der Waals surface area contributed by atoms with Crippen LogP contribution in [0.1, 0.15) is 43.7 Å². The summed E-state index contributed by atoms with van der Waals surface area (Å²) in [6, 6.07) is 16.3. The van der Waals surface area contributed by atoms with Crippen LogP contribution >= 0.6 is 11.6 Å². The van der Waals surface area contributed by atoms with Gasteiger partial charge in [-0.3, -0.25) is 4.79 Å². The third-order valence-electron chi connectivity index (χ3n) is 6.88. The molecule has 1 heterocycles. The van der Waals surface area contributed by atoms with Crippen molar-refractivity contribution in [3.05, 3.63) is 82.9 Å². The van der Waals surface area contributed by atoms with Gasteiger partial charge in [0.05, 0.1) is 11.0 Å². The van der Waals surface area contributed by atoms with E-state index in [0.717, 1.165) is 61.1 Å². The molecule has 1 saturated carbocycles. The highest BCUT2D eigenvalue weighted by atomic mass is 35.5. The molecule has 0 bridgehead atoms. The first-order valence-electron chi connectivity index (χ1n) is 11.9. The van der Waals surface area contributed by atoms with Crippen molar-refractivity contribution in [3.8, 4) is 11.4 Å². The molecule has 4 nitrogen and oxygen atoms in total. The minimum absolute atomic E-state index is 0.0318. The Bertz CT molecular complexity index is 1380. The average molecular weight is 494 g/mol. The molecular formula is C28H26ClF2N3O. The second-order valence-electron chi connectivity index (χ2n) is 9.21. The van der Waals surface area contributed by atoms with Crippen molar-refractivity contribution in [1.82, 2.24) is 9.55 Å². The third-order valence-corrected chi connectivity index (χ3v) is 7.13. The zero-order chi connectivity index (χ0) is 24.5. The van der Waals surface area contributed by atoms with Gasteiger partial charge in [0.15, 0.2) is 11.6 Å². The molecule has 1 N–H and O–H groups in total. The van der Waals surface area contributed by atoms with Crippen LogP contribution in [0.3, 0.4) is 0 Å². The van der Waals surface area contributed by atoms with Crippen LogP contribution in [0.2, 0.25) is 5.02 Å². The summed E-state index contributed by atoms with van der Waals surface area (Å²) in [5.74, 6) is -1.61. The second kappa shape index (κ2) is 9.78. The molecule has 35 heavy (non-hydrogen) atoms. The van der Waals surface area contributed by atoms with Gasteiger partial charge in [-0.25, -0.2) is 13.8 Å². The van der Waals surface area contributed by atoms with Crippen LogP contribution in [0, 0.1) is 24.5 Å². The maximum Gasteiger partial charge on any atom is 0.247 e. The van der Waals surface area contributed by atoms with Gasteiger partial charge in [0.25, 0.3) is 0 Å². The predicted molar refractivity (Wildman–Crippen MR) is 136 cm³/mol. The lowest BCUT2D eigenvalue weighted by Crippen LogP contribution is -2.34. The van der Waals surface area contributed by atoms with Crippen molar-refractivity contribution in [3.63, 3.8) is 0 Å². The van der Waals surface area contributed by atoms with E-state index in [-0.39, 0.29) is 11.8 Å². The number of para-hydroxylation sites is 1. The zero-order valence-corrected chi connectivity index (χ0v) is 20.2. The fourth-order valence-corrected chi connectivity index (χ4v) is 5.21. The van der Waals surface area contributed by atoms with Crippen LogP contribution in [0.5, 0.6) is 0 Å².